The Balaban J connectivity index is 1.94. The van der Waals surface area contributed by atoms with Crippen LogP contribution < -0.4 is 11.0 Å². The van der Waals surface area contributed by atoms with E-state index >= 15 is 0 Å². The number of fused-ring (bicyclic) bond motifs is 1. The van der Waals surface area contributed by atoms with Crippen molar-refractivity contribution < 1.29 is 14.6 Å². The molecule has 1 amide bonds. The monoisotopic (exact) mass is 343 g/mol. The van der Waals surface area contributed by atoms with E-state index in [2.05, 4.69) is 15.3 Å². The number of rotatable bonds is 4. The third kappa shape index (κ3) is 3.19. The number of aromatic amines is 2. The molecular formula is C14H9N5O6. The molecule has 1 aromatic heterocycles. The quantitative estimate of drug-likeness (QED) is 0.483. The van der Waals surface area contributed by atoms with Gasteiger partial charge in [-0.25, -0.2) is 4.79 Å². The number of carbonyl (C=O) groups excluding carboxylic acids is 1. The van der Waals surface area contributed by atoms with E-state index in [0.29, 0.717) is 16.7 Å². The van der Waals surface area contributed by atoms with Crippen LogP contribution in [-0.4, -0.2) is 25.7 Å². The molecule has 0 saturated heterocycles. The maximum atomic E-state index is 12.3. The molecule has 11 heteroatoms. The summed E-state index contributed by atoms with van der Waals surface area (Å²) in [5.41, 5.74) is -0.477. The Kier molecular flexibility index (Phi) is 3.73. The molecule has 0 saturated carbocycles. The number of nitro groups is 2. The van der Waals surface area contributed by atoms with E-state index in [-0.39, 0.29) is 5.56 Å². The first kappa shape index (κ1) is 15.9. The van der Waals surface area contributed by atoms with Gasteiger partial charge in [0.25, 0.3) is 17.3 Å². The maximum Gasteiger partial charge on any atom is 0.323 e. The van der Waals surface area contributed by atoms with Crippen LogP contribution in [-0.2, 0) is 0 Å². The lowest BCUT2D eigenvalue weighted by atomic mass is 10.1. The highest BCUT2D eigenvalue weighted by molar-refractivity contribution is 6.05. The zero-order valence-electron chi connectivity index (χ0n) is 12.3. The lowest BCUT2D eigenvalue weighted by Crippen LogP contribution is -2.12. The number of aromatic nitrogens is 2. The van der Waals surface area contributed by atoms with Gasteiger partial charge in [-0.15, -0.1) is 0 Å². The van der Waals surface area contributed by atoms with E-state index < -0.39 is 32.8 Å². The highest BCUT2D eigenvalue weighted by atomic mass is 16.6. The van der Waals surface area contributed by atoms with Crippen molar-refractivity contribution in [3.8, 4) is 0 Å². The Hall–Kier alpha value is -4.02. The number of amides is 1. The van der Waals surface area contributed by atoms with Crippen molar-refractivity contribution in [2.75, 3.05) is 5.32 Å². The molecule has 3 aromatic rings. The van der Waals surface area contributed by atoms with Gasteiger partial charge in [0, 0.05) is 17.8 Å². The van der Waals surface area contributed by atoms with Crippen LogP contribution in [0.2, 0.25) is 0 Å². The summed E-state index contributed by atoms with van der Waals surface area (Å²) in [4.78, 5) is 48.7. The van der Waals surface area contributed by atoms with Crippen molar-refractivity contribution in [2.24, 2.45) is 0 Å². The van der Waals surface area contributed by atoms with Crippen LogP contribution in [0.1, 0.15) is 10.4 Å². The molecule has 25 heavy (non-hydrogen) atoms. The second-order valence-corrected chi connectivity index (χ2v) is 5.05. The molecule has 11 nitrogen and oxygen atoms in total. The lowest BCUT2D eigenvalue weighted by molar-refractivity contribution is -0.394. The van der Waals surface area contributed by atoms with Gasteiger partial charge in [0.1, 0.15) is 0 Å². The molecule has 0 aliphatic heterocycles. The van der Waals surface area contributed by atoms with Crippen LogP contribution in [0.4, 0.5) is 17.1 Å². The number of hydrogen-bond acceptors (Lipinski definition) is 6. The summed E-state index contributed by atoms with van der Waals surface area (Å²) >= 11 is 0. The van der Waals surface area contributed by atoms with Crippen molar-refractivity contribution in [1.29, 1.82) is 0 Å². The van der Waals surface area contributed by atoms with Gasteiger partial charge in [0.2, 0.25) is 0 Å². The van der Waals surface area contributed by atoms with Gasteiger partial charge in [-0.3, -0.25) is 25.0 Å². The number of nitrogens with one attached hydrogen (secondary N) is 3. The summed E-state index contributed by atoms with van der Waals surface area (Å²) in [6.07, 6.45) is 0. The number of nitro benzene ring substituents is 2. The SMILES string of the molecule is O=C(Nc1ccc2[nH]c(=O)[nH]c2c1)c1cc([N+](=O)[O-])cc([N+](=O)[O-])c1. The second kappa shape index (κ2) is 5.88. The smallest absolute Gasteiger partial charge is 0.322 e. The number of benzene rings is 2. The fourth-order valence-corrected chi connectivity index (χ4v) is 2.25. The summed E-state index contributed by atoms with van der Waals surface area (Å²) in [6, 6.07) is 7.21. The van der Waals surface area contributed by atoms with Crippen LogP contribution in [0.3, 0.4) is 0 Å². The molecule has 0 spiro atoms. The highest BCUT2D eigenvalue weighted by Crippen LogP contribution is 2.24. The molecule has 2 aromatic carbocycles. The molecule has 0 atom stereocenters. The van der Waals surface area contributed by atoms with Gasteiger partial charge in [-0.05, 0) is 18.2 Å². The molecule has 0 fully saturated rings. The molecule has 0 aliphatic rings. The number of H-pyrrole nitrogens is 2. The summed E-state index contributed by atoms with van der Waals surface area (Å²) < 4.78 is 0. The van der Waals surface area contributed by atoms with Gasteiger partial charge in [-0.1, -0.05) is 0 Å². The van der Waals surface area contributed by atoms with Crippen molar-refractivity contribution in [2.45, 2.75) is 0 Å². The lowest BCUT2D eigenvalue weighted by Gasteiger charge is -2.05. The topological polar surface area (TPSA) is 164 Å². The van der Waals surface area contributed by atoms with Gasteiger partial charge < -0.3 is 15.3 Å². The van der Waals surface area contributed by atoms with Gasteiger partial charge in [0.15, 0.2) is 0 Å². The zero-order chi connectivity index (χ0) is 18.1. The summed E-state index contributed by atoms with van der Waals surface area (Å²) in [7, 11) is 0. The number of imidazole rings is 1. The number of carbonyl (C=O) groups is 1. The van der Waals surface area contributed by atoms with E-state index in [1.807, 2.05) is 0 Å². The number of hydrogen-bond donors (Lipinski definition) is 3. The largest absolute Gasteiger partial charge is 0.323 e. The minimum Gasteiger partial charge on any atom is -0.322 e. The molecule has 3 N–H and O–H groups in total. The summed E-state index contributed by atoms with van der Waals surface area (Å²) in [6.45, 7) is 0. The third-order valence-corrected chi connectivity index (χ3v) is 3.36. The second-order valence-electron chi connectivity index (χ2n) is 5.05. The Bertz CT molecular complexity index is 1050. The third-order valence-electron chi connectivity index (χ3n) is 3.36. The number of non-ortho nitro benzene ring substituents is 2. The zero-order valence-corrected chi connectivity index (χ0v) is 12.3. The standard InChI is InChI=1S/C14H9N5O6/c20-13(7-3-9(18(22)23)6-10(4-7)19(24)25)15-8-1-2-11-12(5-8)17-14(21)16-11/h1-6H,(H,15,20)(H2,16,17,21). The van der Waals surface area contributed by atoms with Crippen LogP contribution >= 0.6 is 0 Å². The molecular weight excluding hydrogens is 334 g/mol. The first-order valence-electron chi connectivity index (χ1n) is 6.81. The molecule has 3 rings (SSSR count). The van der Waals surface area contributed by atoms with Crippen molar-refractivity contribution in [1.82, 2.24) is 9.97 Å². The Labute approximate surface area is 137 Å². The van der Waals surface area contributed by atoms with E-state index in [0.717, 1.165) is 18.2 Å². The van der Waals surface area contributed by atoms with Crippen LogP contribution in [0.25, 0.3) is 11.0 Å². The molecule has 126 valence electrons. The van der Waals surface area contributed by atoms with Crippen molar-refractivity contribution in [3.63, 3.8) is 0 Å². The average Bonchev–Trinajstić information content (AvgIpc) is 2.93. The van der Waals surface area contributed by atoms with Crippen LogP contribution in [0.5, 0.6) is 0 Å². The van der Waals surface area contributed by atoms with Crippen LogP contribution in [0.15, 0.2) is 41.2 Å². The minimum absolute atomic E-state index is 0.233. The van der Waals surface area contributed by atoms with Gasteiger partial charge >= 0.3 is 5.69 Å². The molecule has 1 heterocycles. The van der Waals surface area contributed by atoms with E-state index in [4.69, 9.17) is 0 Å². The predicted molar refractivity (Wildman–Crippen MR) is 86.6 cm³/mol. The first-order chi connectivity index (χ1) is 11.8. The van der Waals surface area contributed by atoms with E-state index in [1.165, 1.54) is 12.1 Å². The van der Waals surface area contributed by atoms with Gasteiger partial charge in [-0.2, -0.15) is 0 Å². The molecule has 0 aliphatic carbocycles. The Morgan fingerprint density at radius 2 is 1.52 bits per heavy atom. The van der Waals surface area contributed by atoms with Gasteiger partial charge in [0.05, 0.1) is 32.5 Å². The van der Waals surface area contributed by atoms with Crippen LogP contribution in [0, 0.1) is 20.2 Å². The van der Waals surface area contributed by atoms with Crippen molar-refractivity contribution >= 4 is 34.0 Å². The predicted octanol–water partition coefficient (Wildman–Crippen LogP) is 1.92. The average molecular weight is 343 g/mol. The van der Waals surface area contributed by atoms with Crippen molar-refractivity contribution in [3.05, 3.63) is 72.7 Å². The summed E-state index contributed by atoms with van der Waals surface area (Å²) in [5, 5.41) is 24.2. The fraction of sp³-hybridized carbons (Fsp3) is 0. The Morgan fingerprint density at radius 1 is 0.920 bits per heavy atom. The molecule has 0 unspecified atom stereocenters. The first-order valence-corrected chi connectivity index (χ1v) is 6.81. The van der Waals surface area contributed by atoms with E-state index in [9.17, 15) is 29.8 Å². The van der Waals surface area contributed by atoms with E-state index in [1.54, 1.807) is 6.07 Å². The minimum atomic E-state index is -0.819. The Morgan fingerprint density at radius 3 is 2.12 bits per heavy atom. The number of nitrogens with zero attached hydrogens (tertiary/aromatic N) is 2. The normalized spacial score (nSPS) is 10.6. The summed E-state index contributed by atoms with van der Waals surface area (Å²) in [5.74, 6) is -0.760. The highest BCUT2D eigenvalue weighted by Gasteiger charge is 2.20. The molecule has 0 radical (unpaired) electrons. The molecule has 0 bridgehead atoms. The fourth-order valence-electron chi connectivity index (χ4n) is 2.25. The maximum absolute atomic E-state index is 12.3. The number of anilines is 1.